The number of carbonyl (C=O) groups is 1. The third-order valence-corrected chi connectivity index (χ3v) is 6.05. The molecule has 0 aliphatic carbocycles. The van der Waals surface area contributed by atoms with E-state index in [0.717, 1.165) is 23.5 Å². The summed E-state index contributed by atoms with van der Waals surface area (Å²) in [5.41, 5.74) is 3.34. The molecule has 35 heavy (non-hydrogen) atoms. The quantitative estimate of drug-likeness (QED) is 0.304. The Morgan fingerprint density at radius 2 is 1.83 bits per heavy atom. The van der Waals surface area contributed by atoms with Crippen LogP contribution in [0.25, 0.3) is 16.6 Å². The summed E-state index contributed by atoms with van der Waals surface area (Å²) in [7, 11) is 0. The molecule has 0 fully saturated rings. The van der Waals surface area contributed by atoms with Crippen LogP contribution >= 0.6 is 0 Å². The molecule has 0 bridgehead atoms. The molecule has 3 heterocycles. The van der Waals surface area contributed by atoms with Crippen LogP contribution in [0.5, 0.6) is 0 Å². The third kappa shape index (κ3) is 4.25. The molecule has 9 heteroatoms. The van der Waals surface area contributed by atoms with Crippen molar-refractivity contribution in [3.05, 3.63) is 101 Å². The van der Waals surface area contributed by atoms with Crippen LogP contribution in [0.3, 0.4) is 0 Å². The van der Waals surface area contributed by atoms with Gasteiger partial charge >= 0.3 is 6.18 Å². The molecule has 0 unspecified atom stereocenters. The van der Waals surface area contributed by atoms with Gasteiger partial charge in [0.25, 0.3) is 5.91 Å². The van der Waals surface area contributed by atoms with E-state index in [1.165, 1.54) is 24.3 Å². The summed E-state index contributed by atoms with van der Waals surface area (Å²) in [5.74, 6) is -0.946. The third-order valence-electron chi connectivity index (χ3n) is 6.05. The largest absolute Gasteiger partial charge is 0.416 e. The average molecular weight is 480 g/mol. The summed E-state index contributed by atoms with van der Waals surface area (Å²) < 4.78 is 57.1. The number of nitrogens with one attached hydrogen (secondary N) is 1. The highest BCUT2D eigenvalue weighted by molar-refractivity contribution is 6.06. The second kappa shape index (κ2) is 8.26. The molecule has 0 aliphatic rings. The Labute approximate surface area is 197 Å². The molecule has 0 saturated heterocycles. The van der Waals surface area contributed by atoms with Gasteiger partial charge < -0.3 is 14.3 Å². The number of alkyl halides is 3. The van der Waals surface area contributed by atoms with Crippen molar-refractivity contribution in [2.75, 3.05) is 5.32 Å². The molecule has 0 spiro atoms. The van der Waals surface area contributed by atoms with Gasteiger partial charge in [-0.3, -0.25) is 4.79 Å². The molecule has 2 aromatic carbocycles. The molecule has 1 N–H and O–H groups in total. The minimum absolute atomic E-state index is 0.104. The van der Waals surface area contributed by atoms with Crippen molar-refractivity contribution in [3.8, 4) is 0 Å². The normalized spacial score (nSPS) is 11.9. The molecule has 0 saturated carbocycles. The number of anilines is 1. The molecular weight excluding hydrogens is 460 g/mol. The highest BCUT2D eigenvalue weighted by Gasteiger charge is 2.31. The topological polar surface area (TPSA) is 51.3 Å². The van der Waals surface area contributed by atoms with Gasteiger partial charge in [-0.1, -0.05) is 12.1 Å². The number of hydrogen-bond acceptors (Lipinski definition) is 2. The van der Waals surface area contributed by atoms with Crippen LogP contribution in [0.4, 0.5) is 23.2 Å². The van der Waals surface area contributed by atoms with Gasteiger partial charge in [0, 0.05) is 41.1 Å². The molecular formula is C26H20F4N4O. The lowest BCUT2D eigenvalue weighted by Gasteiger charge is -2.12. The Morgan fingerprint density at radius 1 is 1.03 bits per heavy atom. The lowest BCUT2D eigenvalue weighted by molar-refractivity contribution is -0.137. The average Bonchev–Trinajstić information content (AvgIpc) is 3.29. The van der Waals surface area contributed by atoms with Crippen LogP contribution in [0.15, 0.2) is 66.9 Å². The highest BCUT2D eigenvalue weighted by atomic mass is 19.4. The number of hydrogen-bond donors (Lipinski definition) is 1. The second-order valence-corrected chi connectivity index (χ2v) is 8.40. The zero-order valence-electron chi connectivity index (χ0n) is 18.8. The fourth-order valence-electron chi connectivity index (χ4n) is 4.18. The van der Waals surface area contributed by atoms with Gasteiger partial charge in [-0.05, 0) is 61.9 Å². The summed E-state index contributed by atoms with van der Waals surface area (Å²) in [6.07, 6.45) is -2.73. The Bertz CT molecular complexity index is 1600. The molecule has 0 radical (unpaired) electrons. The van der Waals surface area contributed by atoms with Gasteiger partial charge in [0.2, 0.25) is 0 Å². The number of nitrogens with zero attached hydrogens (tertiary/aromatic N) is 3. The van der Waals surface area contributed by atoms with E-state index < -0.39 is 23.5 Å². The van der Waals surface area contributed by atoms with E-state index >= 15 is 0 Å². The maximum absolute atomic E-state index is 13.8. The Kier molecular flexibility index (Phi) is 5.35. The second-order valence-electron chi connectivity index (χ2n) is 8.40. The zero-order chi connectivity index (χ0) is 24.9. The van der Waals surface area contributed by atoms with Gasteiger partial charge in [-0.2, -0.15) is 13.2 Å². The maximum atomic E-state index is 13.8. The van der Waals surface area contributed by atoms with Crippen molar-refractivity contribution in [2.24, 2.45) is 0 Å². The first kappa shape index (κ1) is 22.6. The SMILES string of the molecule is Cc1nc2cc(NC(=O)c3cc4cc(C(F)(F)F)ccc4n3Cc3cccc(F)c3)ccn2c1C. The zero-order valence-corrected chi connectivity index (χ0v) is 18.8. The van der Waals surface area contributed by atoms with Crippen molar-refractivity contribution < 1.29 is 22.4 Å². The van der Waals surface area contributed by atoms with Crippen LogP contribution < -0.4 is 5.32 Å². The van der Waals surface area contributed by atoms with Gasteiger partial charge in [0.1, 0.15) is 17.2 Å². The van der Waals surface area contributed by atoms with E-state index in [0.29, 0.717) is 22.4 Å². The van der Waals surface area contributed by atoms with Crippen molar-refractivity contribution in [3.63, 3.8) is 0 Å². The van der Waals surface area contributed by atoms with Crippen LogP contribution in [0.1, 0.15) is 33.0 Å². The lowest BCUT2D eigenvalue weighted by atomic mass is 10.1. The first-order valence-corrected chi connectivity index (χ1v) is 10.8. The number of benzene rings is 2. The van der Waals surface area contributed by atoms with Crippen LogP contribution in [-0.4, -0.2) is 19.9 Å². The minimum Gasteiger partial charge on any atom is -0.332 e. The van der Waals surface area contributed by atoms with Crippen LogP contribution in [0.2, 0.25) is 0 Å². The van der Waals surface area contributed by atoms with Gasteiger partial charge in [-0.25, -0.2) is 9.37 Å². The standard InChI is InChI=1S/C26H20F4N4O/c1-15-16(2)33-9-8-21(13-24(33)31-15)32-25(35)23-12-18-11-19(26(28,29)30)6-7-22(18)34(23)14-17-4-3-5-20(27)10-17/h3-13H,14H2,1-2H3,(H,32,35). The van der Waals surface area contributed by atoms with Gasteiger partial charge in [0.05, 0.1) is 11.3 Å². The van der Waals surface area contributed by atoms with E-state index in [2.05, 4.69) is 10.3 Å². The predicted molar refractivity (Wildman–Crippen MR) is 125 cm³/mol. The number of amides is 1. The number of rotatable bonds is 4. The van der Waals surface area contributed by atoms with E-state index in [1.807, 2.05) is 18.2 Å². The van der Waals surface area contributed by atoms with Crippen molar-refractivity contribution >= 4 is 28.1 Å². The molecule has 0 atom stereocenters. The predicted octanol–water partition coefficient (Wildman–Crippen LogP) is 6.36. The molecule has 1 amide bonds. The van der Waals surface area contributed by atoms with Gasteiger partial charge in [0.15, 0.2) is 0 Å². The lowest BCUT2D eigenvalue weighted by Crippen LogP contribution is -2.17. The summed E-state index contributed by atoms with van der Waals surface area (Å²) >= 11 is 0. The first-order chi connectivity index (χ1) is 16.6. The smallest absolute Gasteiger partial charge is 0.332 e. The number of halogens is 4. The highest BCUT2D eigenvalue weighted by Crippen LogP contribution is 2.33. The Balaban J connectivity index is 1.57. The van der Waals surface area contributed by atoms with E-state index in [-0.39, 0.29) is 17.6 Å². The van der Waals surface area contributed by atoms with Crippen LogP contribution in [0, 0.1) is 19.7 Å². The summed E-state index contributed by atoms with van der Waals surface area (Å²) in [6.45, 7) is 3.93. The first-order valence-electron chi connectivity index (χ1n) is 10.8. The summed E-state index contributed by atoms with van der Waals surface area (Å²) in [5, 5.41) is 3.07. The van der Waals surface area contributed by atoms with E-state index in [9.17, 15) is 22.4 Å². The van der Waals surface area contributed by atoms with Gasteiger partial charge in [-0.15, -0.1) is 0 Å². The fourth-order valence-corrected chi connectivity index (χ4v) is 4.18. The van der Waals surface area contributed by atoms with Crippen molar-refractivity contribution in [2.45, 2.75) is 26.6 Å². The fraction of sp³-hybridized carbons (Fsp3) is 0.154. The minimum atomic E-state index is -4.52. The van der Waals surface area contributed by atoms with Crippen molar-refractivity contribution in [1.82, 2.24) is 14.0 Å². The molecule has 0 aliphatic heterocycles. The summed E-state index contributed by atoms with van der Waals surface area (Å²) in [6, 6.07) is 14.0. The molecule has 5 nitrogen and oxygen atoms in total. The number of fused-ring (bicyclic) bond motifs is 2. The monoisotopic (exact) mass is 480 g/mol. The molecule has 5 rings (SSSR count). The molecule has 5 aromatic rings. The van der Waals surface area contributed by atoms with E-state index in [4.69, 9.17) is 0 Å². The van der Waals surface area contributed by atoms with Crippen LogP contribution in [-0.2, 0) is 12.7 Å². The van der Waals surface area contributed by atoms with Crippen molar-refractivity contribution in [1.29, 1.82) is 0 Å². The Hall–Kier alpha value is -4.14. The summed E-state index contributed by atoms with van der Waals surface area (Å²) in [4.78, 5) is 17.8. The maximum Gasteiger partial charge on any atom is 0.416 e. The number of aromatic nitrogens is 3. The Morgan fingerprint density at radius 3 is 2.57 bits per heavy atom. The number of aryl methyl sites for hydroxylation is 2. The molecule has 3 aromatic heterocycles. The van der Waals surface area contributed by atoms with E-state index in [1.54, 1.807) is 35.0 Å². The molecule has 178 valence electrons. The number of pyridine rings is 1. The number of carbonyl (C=O) groups excluding carboxylic acids is 1. The number of imidazole rings is 1.